The van der Waals surface area contributed by atoms with Crippen LogP contribution in [0, 0.1) is 9.49 Å². The molecular weight excluding hydrogens is 413 g/mol. The van der Waals surface area contributed by atoms with Gasteiger partial charge in [-0.15, -0.1) is 11.3 Å². The quantitative estimate of drug-likeness (QED) is 0.720. The number of amides is 2. The minimum atomic E-state index is -0.119. The highest BCUT2D eigenvalue weighted by Gasteiger charge is 2.30. The lowest BCUT2D eigenvalue weighted by Gasteiger charge is -2.04. The maximum atomic E-state index is 12.0. The van der Waals surface area contributed by atoms with E-state index in [4.69, 9.17) is 0 Å². The Bertz CT molecular complexity index is 695. The first-order valence-electron chi connectivity index (χ1n) is 6.91. The number of halogens is 1. The molecule has 5 nitrogen and oxygen atoms in total. The number of carbonyl (C=O) groups is 2. The third kappa shape index (κ3) is 4.26. The zero-order valence-corrected chi connectivity index (χ0v) is 14.6. The Kier molecular flexibility index (Phi) is 4.72. The van der Waals surface area contributed by atoms with Crippen LogP contribution in [0.5, 0.6) is 0 Å². The molecule has 0 bridgehead atoms. The Labute approximate surface area is 145 Å². The molecule has 22 heavy (non-hydrogen) atoms. The minimum absolute atomic E-state index is 0.0317. The van der Waals surface area contributed by atoms with Crippen molar-refractivity contribution in [3.8, 4) is 0 Å². The molecule has 1 saturated carbocycles. The molecule has 0 unspecified atom stereocenters. The molecule has 1 heterocycles. The van der Waals surface area contributed by atoms with Gasteiger partial charge in [0, 0.05) is 20.6 Å². The summed E-state index contributed by atoms with van der Waals surface area (Å²) in [4.78, 5) is 27.9. The van der Waals surface area contributed by atoms with Crippen molar-refractivity contribution in [2.75, 3.05) is 10.6 Å². The summed E-state index contributed by atoms with van der Waals surface area (Å²) in [6, 6.07) is 7.60. The Balaban J connectivity index is 1.53. The van der Waals surface area contributed by atoms with Crippen molar-refractivity contribution >= 4 is 56.6 Å². The fraction of sp³-hybridized carbons (Fsp3) is 0.267. The van der Waals surface area contributed by atoms with Crippen molar-refractivity contribution in [2.45, 2.75) is 19.3 Å². The number of hydrogen-bond donors (Lipinski definition) is 2. The first-order chi connectivity index (χ1) is 10.6. The van der Waals surface area contributed by atoms with Gasteiger partial charge in [-0.25, -0.2) is 4.98 Å². The van der Waals surface area contributed by atoms with Gasteiger partial charge >= 0.3 is 0 Å². The summed E-state index contributed by atoms with van der Waals surface area (Å²) in [6.45, 7) is 0. The van der Waals surface area contributed by atoms with Crippen LogP contribution in [0.2, 0.25) is 0 Å². The normalized spacial score (nSPS) is 13.7. The van der Waals surface area contributed by atoms with E-state index in [0.29, 0.717) is 10.8 Å². The molecule has 1 aliphatic rings. The zero-order valence-electron chi connectivity index (χ0n) is 11.6. The molecule has 114 valence electrons. The Morgan fingerprint density at radius 3 is 2.64 bits per heavy atom. The van der Waals surface area contributed by atoms with Crippen LogP contribution in [-0.4, -0.2) is 16.8 Å². The lowest BCUT2D eigenvalue weighted by atomic mass is 10.3. The van der Waals surface area contributed by atoms with E-state index in [1.54, 1.807) is 5.38 Å². The van der Waals surface area contributed by atoms with Crippen molar-refractivity contribution in [3.05, 3.63) is 38.9 Å². The van der Waals surface area contributed by atoms with Gasteiger partial charge in [0.25, 0.3) is 0 Å². The summed E-state index contributed by atoms with van der Waals surface area (Å²) in [5, 5.41) is 7.99. The van der Waals surface area contributed by atoms with Crippen molar-refractivity contribution in [1.82, 2.24) is 4.98 Å². The summed E-state index contributed by atoms with van der Waals surface area (Å²) < 4.78 is 1.12. The predicted octanol–water partition coefficient (Wildman–Crippen LogP) is 3.28. The molecule has 7 heteroatoms. The van der Waals surface area contributed by atoms with Crippen LogP contribution in [0.4, 0.5) is 10.8 Å². The van der Waals surface area contributed by atoms with Crippen LogP contribution in [0.3, 0.4) is 0 Å². The van der Waals surface area contributed by atoms with E-state index in [0.717, 1.165) is 22.1 Å². The van der Waals surface area contributed by atoms with Crippen LogP contribution in [0.15, 0.2) is 29.6 Å². The van der Waals surface area contributed by atoms with Gasteiger partial charge in [0.15, 0.2) is 5.13 Å². The number of hydrogen-bond acceptors (Lipinski definition) is 4. The zero-order chi connectivity index (χ0) is 15.5. The van der Waals surface area contributed by atoms with E-state index in [9.17, 15) is 9.59 Å². The number of nitrogens with zero attached hydrogens (tertiary/aromatic N) is 1. The molecule has 0 spiro atoms. The van der Waals surface area contributed by atoms with E-state index in [1.165, 1.54) is 11.3 Å². The molecule has 1 aromatic carbocycles. The van der Waals surface area contributed by atoms with E-state index < -0.39 is 0 Å². The topological polar surface area (TPSA) is 71.1 Å². The Morgan fingerprint density at radius 1 is 1.23 bits per heavy atom. The average Bonchev–Trinajstić information content (AvgIpc) is 3.25. The lowest BCUT2D eigenvalue weighted by Crippen LogP contribution is -2.15. The van der Waals surface area contributed by atoms with Crippen LogP contribution >= 0.6 is 33.9 Å². The number of rotatable bonds is 5. The van der Waals surface area contributed by atoms with Crippen molar-refractivity contribution < 1.29 is 9.59 Å². The van der Waals surface area contributed by atoms with Gasteiger partial charge in [-0.2, -0.15) is 0 Å². The number of nitrogens with one attached hydrogen (secondary N) is 2. The third-order valence-corrected chi connectivity index (χ3v) is 4.73. The Morgan fingerprint density at radius 2 is 1.95 bits per heavy atom. The Hall–Kier alpha value is -1.48. The summed E-state index contributed by atoms with van der Waals surface area (Å²) in [6.07, 6.45) is 2.12. The molecule has 3 rings (SSSR count). The molecule has 0 atom stereocenters. The summed E-state index contributed by atoms with van der Waals surface area (Å²) in [5.41, 5.74) is 1.43. The highest BCUT2D eigenvalue weighted by atomic mass is 127. The fourth-order valence-corrected chi connectivity index (χ4v) is 2.97. The molecule has 0 saturated heterocycles. The second kappa shape index (κ2) is 6.74. The third-order valence-electron chi connectivity index (χ3n) is 3.20. The van der Waals surface area contributed by atoms with Crippen LogP contribution < -0.4 is 10.6 Å². The number of thiazole rings is 1. The van der Waals surface area contributed by atoms with Crippen molar-refractivity contribution in [1.29, 1.82) is 0 Å². The van der Waals surface area contributed by atoms with Gasteiger partial charge in [-0.05, 0) is 59.7 Å². The second-order valence-corrected chi connectivity index (χ2v) is 7.24. The number of benzene rings is 1. The first-order valence-corrected chi connectivity index (χ1v) is 8.86. The van der Waals surface area contributed by atoms with Crippen LogP contribution in [-0.2, 0) is 16.0 Å². The minimum Gasteiger partial charge on any atom is -0.326 e. The van der Waals surface area contributed by atoms with Crippen molar-refractivity contribution in [3.63, 3.8) is 0 Å². The maximum absolute atomic E-state index is 12.0. The molecule has 0 radical (unpaired) electrons. The standard InChI is InChI=1S/C15H14IN3O2S/c16-10-3-5-11(6-4-10)17-13(20)7-12-8-22-15(18-12)19-14(21)9-1-2-9/h3-6,8-9H,1-2,7H2,(H,17,20)(H,18,19,21). The molecule has 2 aromatic rings. The summed E-state index contributed by atoms with van der Waals surface area (Å²) in [5.74, 6) is 0.0624. The number of anilines is 2. The van der Waals surface area contributed by atoms with Gasteiger partial charge in [0.1, 0.15) is 0 Å². The smallest absolute Gasteiger partial charge is 0.230 e. The predicted molar refractivity (Wildman–Crippen MR) is 95.0 cm³/mol. The monoisotopic (exact) mass is 427 g/mol. The van der Waals surface area contributed by atoms with E-state index in [-0.39, 0.29) is 24.2 Å². The summed E-state index contributed by atoms with van der Waals surface area (Å²) >= 11 is 3.56. The van der Waals surface area contributed by atoms with E-state index >= 15 is 0 Å². The highest BCUT2D eigenvalue weighted by Crippen LogP contribution is 2.30. The molecule has 1 fully saturated rings. The van der Waals surface area contributed by atoms with Gasteiger partial charge in [-0.3, -0.25) is 9.59 Å². The number of carbonyl (C=O) groups excluding carboxylic acids is 2. The average molecular weight is 427 g/mol. The molecule has 2 amide bonds. The van der Waals surface area contributed by atoms with Crippen LogP contribution in [0.25, 0.3) is 0 Å². The largest absolute Gasteiger partial charge is 0.326 e. The van der Waals surface area contributed by atoms with Gasteiger partial charge in [0.2, 0.25) is 11.8 Å². The maximum Gasteiger partial charge on any atom is 0.230 e. The summed E-state index contributed by atoms with van der Waals surface area (Å²) in [7, 11) is 0. The van der Waals surface area contributed by atoms with E-state index in [2.05, 4.69) is 38.2 Å². The van der Waals surface area contributed by atoms with Crippen molar-refractivity contribution in [2.24, 2.45) is 5.92 Å². The molecule has 1 aliphatic carbocycles. The molecule has 1 aromatic heterocycles. The van der Waals surface area contributed by atoms with Crippen LogP contribution in [0.1, 0.15) is 18.5 Å². The number of aromatic nitrogens is 1. The van der Waals surface area contributed by atoms with Gasteiger partial charge in [0.05, 0.1) is 12.1 Å². The molecule has 0 aliphatic heterocycles. The van der Waals surface area contributed by atoms with E-state index in [1.807, 2.05) is 24.3 Å². The second-order valence-electron chi connectivity index (χ2n) is 5.14. The first kappa shape index (κ1) is 15.4. The van der Waals surface area contributed by atoms with Gasteiger partial charge in [-0.1, -0.05) is 0 Å². The highest BCUT2D eigenvalue weighted by molar-refractivity contribution is 14.1. The molecular formula is C15H14IN3O2S. The fourth-order valence-electron chi connectivity index (χ4n) is 1.90. The van der Waals surface area contributed by atoms with Gasteiger partial charge < -0.3 is 10.6 Å². The molecule has 2 N–H and O–H groups in total. The lowest BCUT2D eigenvalue weighted by molar-refractivity contribution is -0.117. The SMILES string of the molecule is O=C(Cc1csc(NC(=O)C2CC2)n1)Nc1ccc(I)cc1.